The molecule has 0 unspecified atom stereocenters. The molecule has 5 heteroatoms. The van der Waals surface area contributed by atoms with E-state index in [9.17, 15) is 9.59 Å². The zero-order chi connectivity index (χ0) is 16.7. The Morgan fingerprint density at radius 1 is 1.42 bits per heavy atom. The number of fused-ring (bicyclic) bond motifs is 5. The molecule has 4 rings (SSSR count). The molecule has 1 saturated heterocycles. The van der Waals surface area contributed by atoms with Crippen LogP contribution in [0.1, 0.15) is 36.6 Å². The van der Waals surface area contributed by atoms with Crippen molar-refractivity contribution in [3.05, 3.63) is 29.5 Å². The summed E-state index contributed by atoms with van der Waals surface area (Å²) in [6.07, 6.45) is 3.79. The number of methoxy groups -OCH3 is 1. The quantitative estimate of drug-likeness (QED) is 0.693. The normalized spacial score (nSPS) is 23.5. The van der Waals surface area contributed by atoms with Gasteiger partial charge in [0.15, 0.2) is 12.1 Å². The molecule has 2 aromatic rings. The van der Waals surface area contributed by atoms with E-state index in [4.69, 9.17) is 4.74 Å². The van der Waals surface area contributed by atoms with Crippen LogP contribution in [0.3, 0.4) is 0 Å². The molecular weight excluding hydrogens is 304 g/mol. The Kier molecular flexibility index (Phi) is 3.88. The third-order valence-electron chi connectivity index (χ3n) is 5.57. The molecule has 2 atom stereocenters. The number of rotatable bonds is 4. The maximum absolute atomic E-state index is 11.5. The third-order valence-corrected chi connectivity index (χ3v) is 5.57. The molecule has 0 spiro atoms. The first-order chi connectivity index (χ1) is 11.7. The fraction of sp³-hybridized carbons (Fsp3) is 0.474. The van der Waals surface area contributed by atoms with E-state index in [0.29, 0.717) is 24.7 Å². The van der Waals surface area contributed by atoms with Gasteiger partial charge in [-0.25, -0.2) is 0 Å². The number of aldehydes is 1. The zero-order valence-corrected chi connectivity index (χ0v) is 13.9. The first kappa shape index (κ1) is 15.4. The number of H-pyrrole nitrogens is 1. The fourth-order valence-corrected chi connectivity index (χ4v) is 4.44. The Bertz CT molecular complexity index is 795. The topological polar surface area (TPSA) is 62.4 Å². The molecule has 5 nitrogen and oxygen atoms in total. The Hall–Kier alpha value is -2.14. The van der Waals surface area contributed by atoms with Crippen molar-refractivity contribution in [3.63, 3.8) is 0 Å². The second-order valence-electron chi connectivity index (χ2n) is 6.88. The lowest BCUT2D eigenvalue weighted by atomic mass is 9.82. The average Bonchev–Trinajstić information content (AvgIpc) is 3.00. The van der Waals surface area contributed by atoms with Crippen LogP contribution < -0.4 is 4.74 Å². The summed E-state index contributed by atoms with van der Waals surface area (Å²) in [7, 11) is 1.71. The Morgan fingerprint density at radius 2 is 2.29 bits per heavy atom. The van der Waals surface area contributed by atoms with E-state index in [0.717, 1.165) is 43.6 Å². The van der Waals surface area contributed by atoms with Crippen molar-refractivity contribution in [2.24, 2.45) is 5.92 Å². The maximum Gasteiger partial charge on any atom is 0.195 e. The van der Waals surface area contributed by atoms with Crippen LogP contribution in [0.2, 0.25) is 0 Å². The molecule has 1 fully saturated rings. The second kappa shape index (κ2) is 6.06. The van der Waals surface area contributed by atoms with Crippen LogP contribution in [-0.2, 0) is 16.0 Å². The summed E-state index contributed by atoms with van der Waals surface area (Å²) < 4.78 is 5.56. The van der Waals surface area contributed by atoms with Crippen LogP contribution in [0, 0.1) is 5.92 Å². The molecule has 1 N–H and O–H groups in total. The number of nitrogens with zero attached hydrogens (tertiary/aromatic N) is 1. The minimum atomic E-state index is -0.275. The Labute approximate surface area is 141 Å². The van der Waals surface area contributed by atoms with Crippen molar-refractivity contribution in [1.29, 1.82) is 0 Å². The lowest BCUT2D eigenvalue weighted by molar-refractivity contribution is -0.130. The van der Waals surface area contributed by atoms with Crippen molar-refractivity contribution in [2.75, 3.05) is 20.2 Å². The highest BCUT2D eigenvalue weighted by Gasteiger charge is 2.36. The molecule has 126 valence electrons. The van der Waals surface area contributed by atoms with Gasteiger partial charge < -0.3 is 9.72 Å². The summed E-state index contributed by atoms with van der Waals surface area (Å²) in [5.74, 6) is 0.938. The van der Waals surface area contributed by atoms with E-state index in [2.05, 4.69) is 16.0 Å². The summed E-state index contributed by atoms with van der Waals surface area (Å²) in [5.41, 5.74) is 3.74. The minimum Gasteiger partial charge on any atom is -0.496 e. The van der Waals surface area contributed by atoms with Gasteiger partial charge in [0, 0.05) is 29.6 Å². The summed E-state index contributed by atoms with van der Waals surface area (Å²) in [5, 5.41) is 1.20. The van der Waals surface area contributed by atoms with Crippen LogP contribution in [0.15, 0.2) is 18.2 Å². The lowest BCUT2D eigenvalue weighted by Crippen LogP contribution is -2.41. The smallest absolute Gasteiger partial charge is 0.195 e. The van der Waals surface area contributed by atoms with Gasteiger partial charge in [0.1, 0.15) is 5.75 Å². The van der Waals surface area contributed by atoms with E-state index < -0.39 is 0 Å². The van der Waals surface area contributed by atoms with Crippen molar-refractivity contribution in [1.82, 2.24) is 9.88 Å². The van der Waals surface area contributed by atoms with Crippen LogP contribution in [-0.4, -0.2) is 42.2 Å². The zero-order valence-electron chi connectivity index (χ0n) is 13.9. The highest BCUT2D eigenvalue weighted by molar-refractivity contribution is 6.24. The predicted octanol–water partition coefficient (Wildman–Crippen LogP) is 2.64. The van der Waals surface area contributed by atoms with E-state index in [1.54, 1.807) is 7.11 Å². The SMILES string of the molecule is COc1cccc2[nH]c3c(c12)CCN1CC[C@H](CC(=O)C=O)C[C@@H]31. The van der Waals surface area contributed by atoms with Gasteiger partial charge in [-0.15, -0.1) is 0 Å². The van der Waals surface area contributed by atoms with E-state index in [-0.39, 0.29) is 5.78 Å². The molecule has 24 heavy (non-hydrogen) atoms. The molecular formula is C19H22N2O3. The number of ketones is 1. The first-order valence-electron chi connectivity index (χ1n) is 8.60. The van der Waals surface area contributed by atoms with Crippen molar-refractivity contribution in [2.45, 2.75) is 31.7 Å². The number of ether oxygens (including phenoxy) is 1. The highest BCUT2D eigenvalue weighted by Crippen LogP contribution is 2.43. The molecule has 3 heterocycles. The molecule has 0 saturated carbocycles. The van der Waals surface area contributed by atoms with Crippen LogP contribution in [0.4, 0.5) is 0 Å². The number of nitrogens with one attached hydrogen (secondary N) is 1. The Balaban J connectivity index is 1.70. The number of aromatic amines is 1. The fourth-order valence-electron chi connectivity index (χ4n) is 4.44. The van der Waals surface area contributed by atoms with Crippen molar-refractivity contribution < 1.29 is 14.3 Å². The Morgan fingerprint density at radius 3 is 3.08 bits per heavy atom. The van der Waals surface area contributed by atoms with Gasteiger partial charge in [0.05, 0.1) is 13.2 Å². The monoisotopic (exact) mass is 326 g/mol. The number of Topliss-reactive ketones (excluding diaryl/α,β-unsaturated/α-hetero) is 1. The van der Waals surface area contributed by atoms with Gasteiger partial charge in [-0.1, -0.05) is 6.07 Å². The number of hydrogen-bond donors (Lipinski definition) is 1. The van der Waals surface area contributed by atoms with Gasteiger partial charge >= 0.3 is 0 Å². The number of benzene rings is 1. The van der Waals surface area contributed by atoms with Crippen molar-refractivity contribution in [3.8, 4) is 5.75 Å². The van der Waals surface area contributed by atoms with Gasteiger partial charge in [-0.05, 0) is 49.4 Å². The van der Waals surface area contributed by atoms with E-state index in [1.807, 2.05) is 12.1 Å². The molecule has 2 aliphatic rings. The standard InChI is InChI=1S/C19H22N2O3/c1-24-17-4-2-3-15-18(17)14-6-8-21-7-5-12(9-13(23)11-22)10-16(21)19(14)20-15/h2-4,11-12,16,20H,5-10H2,1H3/t12-,16+/m1/s1. The summed E-state index contributed by atoms with van der Waals surface area (Å²) >= 11 is 0. The van der Waals surface area contributed by atoms with Gasteiger partial charge in [0.25, 0.3) is 0 Å². The van der Waals surface area contributed by atoms with Crippen LogP contribution in [0.5, 0.6) is 5.75 Å². The number of carbonyl (C=O) groups is 2. The molecule has 0 aliphatic carbocycles. The molecule has 1 aromatic heterocycles. The van der Waals surface area contributed by atoms with Crippen LogP contribution in [0.25, 0.3) is 10.9 Å². The molecule has 0 bridgehead atoms. The van der Waals surface area contributed by atoms with Gasteiger partial charge in [0.2, 0.25) is 0 Å². The van der Waals surface area contributed by atoms with Crippen molar-refractivity contribution >= 4 is 23.0 Å². The maximum atomic E-state index is 11.5. The van der Waals surface area contributed by atoms with Crippen LogP contribution >= 0.6 is 0 Å². The number of carbonyl (C=O) groups excluding carboxylic acids is 2. The largest absolute Gasteiger partial charge is 0.496 e. The predicted molar refractivity (Wildman–Crippen MR) is 91.3 cm³/mol. The molecule has 0 amide bonds. The van der Waals surface area contributed by atoms with E-state index >= 15 is 0 Å². The third kappa shape index (κ3) is 2.44. The molecule has 0 radical (unpaired) electrons. The van der Waals surface area contributed by atoms with Gasteiger partial charge in [-0.2, -0.15) is 0 Å². The first-order valence-corrected chi connectivity index (χ1v) is 8.60. The second-order valence-corrected chi connectivity index (χ2v) is 6.88. The summed E-state index contributed by atoms with van der Waals surface area (Å²) in [4.78, 5) is 28.3. The average molecular weight is 326 g/mol. The van der Waals surface area contributed by atoms with Gasteiger partial charge in [-0.3, -0.25) is 14.5 Å². The number of hydrogen-bond acceptors (Lipinski definition) is 4. The van der Waals surface area contributed by atoms with E-state index in [1.165, 1.54) is 16.6 Å². The number of aromatic nitrogens is 1. The lowest BCUT2D eigenvalue weighted by Gasteiger charge is -2.42. The summed E-state index contributed by atoms with van der Waals surface area (Å²) in [6.45, 7) is 2.03. The molecule has 2 aliphatic heterocycles. The minimum absolute atomic E-state index is 0.275. The summed E-state index contributed by atoms with van der Waals surface area (Å²) in [6, 6.07) is 6.42. The molecule has 1 aromatic carbocycles. The highest BCUT2D eigenvalue weighted by atomic mass is 16.5. The number of piperidine rings is 1.